The van der Waals surface area contributed by atoms with Gasteiger partial charge in [0.05, 0.1) is 14.2 Å². The molecule has 0 spiro atoms. The third kappa shape index (κ3) is 3.71. The van der Waals surface area contributed by atoms with Crippen molar-refractivity contribution in [3.8, 4) is 11.5 Å². The van der Waals surface area contributed by atoms with Gasteiger partial charge in [-0.1, -0.05) is 24.3 Å². The number of anilines is 3. The number of nitrogens with zero attached hydrogens (tertiary/aromatic N) is 3. The Hall–Kier alpha value is -3.28. The highest BCUT2D eigenvalue weighted by molar-refractivity contribution is 5.63. The molecule has 1 N–H and O–H groups in total. The molecule has 28 heavy (non-hydrogen) atoms. The van der Waals surface area contributed by atoms with E-state index in [1.807, 2.05) is 31.2 Å². The average molecular weight is 376 g/mol. The zero-order chi connectivity index (χ0) is 19.5. The van der Waals surface area contributed by atoms with Crippen molar-refractivity contribution in [2.45, 2.75) is 19.9 Å². The fourth-order valence-electron chi connectivity index (χ4n) is 3.53. The Morgan fingerprint density at radius 2 is 1.71 bits per heavy atom. The van der Waals surface area contributed by atoms with Gasteiger partial charge in [0.25, 0.3) is 0 Å². The molecule has 4 rings (SSSR count). The van der Waals surface area contributed by atoms with Gasteiger partial charge in [-0.15, -0.1) is 0 Å². The van der Waals surface area contributed by atoms with Crippen molar-refractivity contribution in [3.05, 3.63) is 65.5 Å². The van der Waals surface area contributed by atoms with Gasteiger partial charge in [-0.3, -0.25) is 0 Å². The van der Waals surface area contributed by atoms with E-state index in [-0.39, 0.29) is 0 Å². The Labute approximate surface area is 165 Å². The van der Waals surface area contributed by atoms with Crippen molar-refractivity contribution in [2.75, 3.05) is 31.0 Å². The van der Waals surface area contributed by atoms with Crippen LogP contribution in [0.4, 0.5) is 17.3 Å². The van der Waals surface area contributed by atoms with Crippen LogP contribution in [-0.4, -0.2) is 30.7 Å². The smallest absolute Gasteiger partial charge is 0.162 e. The van der Waals surface area contributed by atoms with Crippen LogP contribution in [0, 0.1) is 6.92 Å². The highest BCUT2D eigenvalue weighted by Crippen LogP contribution is 2.31. The number of fused-ring (bicyclic) bond motifs is 1. The van der Waals surface area contributed by atoms with Crippen LogP contribution >= 0.6 is 0 Å². The molecule has 0 fully saturated rings. The van der Waals surface area contributed by atoms with Crippen LogP contribution < -0.4 is 19.7 Å². The zero-order valence-electron chi connectivity index (χ0n) is 16.4. The maximum Gasteiger partial charge on any atom is 0.162 e. The first-order valence-electron chi connectivity index (χ1n) is 9.33. The van der Waals surface area contributed by atoms with Crippen molar-refractivity contribution in [1.82, 2.24) is 9.97 Å². The van der Waals surface area contributed by atoms with E-state index in [2.05, 4.69) is 44.5 Å². The molecule has 1 aromatic heterocycles. The van der Waals surface area contributed by atoms with Gasteiger partial charge < -0.3 is 19.7 Å². The standard InChI is InChI=1S/C22H24N4O2/c1-15-23-21(25-18-8-9-19(27-2)20(12-18)28-3)13-22(24-15)26-11-10-16-6-4-5-7-17(16)14-26/h4-9,12-13H,10-11,14H2,1-3H3,(H,23,24,25). The maximum atomic E-state index is 5.38. The number of aromatic nitrogens is 2. The lowest BCUT2D eigenvalue weighted by Crippen LogP contribution is -2.31. The normalized spacial score (nSPS) is 13.0. The number of hydrogen-bond donors (Lipinski definition) is 1. The summed E-state index contributed by atoms with van der Waals surface area (Å²) in [5.74, 6) is 3.80. The number of ether oxygens (including phenoxy) is 2. The summed E-state index contributed by atoms with van der Waals surface area (Å²) in [6, 6.07) is 16.3. The van der Waals surface area contributed by atoms with Gasteiger partial charge in [-0.25, -0.2) is 9.97 Å². The lowest BCUT2D eigenvalue weighted by atomic mass is 10.00. The van der Waals surface area contributed by atoms with E-state index in [0.29, 0.717) is 11.5 Å². The van der Waals surface area contributed by atoms with E-state index >= 15 is 0 Å². The SMILES string of the molecule is COc1ccc(Nc2cc(N3CCc4ccccc4C3)nc(C)n2)cc1OC. The van der Waals surface area contributed by atoms with E-state index in [1.165, 1.54) is 11.1 Å². The first-order valence-corrected chi connectivity index (χ1v) is 9.33. The predicted octanol–water partition coefficient (Wildman–Crippen LogP) is 4.11. The van der Waals surface area contributed by atoms with Crippen LogP contribution in [0.5, 0.6) is 11.5 Å². The van der Waals surface area contributed by atoms with Gasteiger partial charge in [-0.05, 0) is 36.6 Å². The summed E-state index contributed by atoms with van der Waals surface area (Å²) in [7, 11) is 3.25. The largest absolute Gasteiger partial charge is 0.493 e. The molecule has 6 nitrogen and oxygen atoms in total. The average Bonchev–Trinajstić information content (AvgIpc) is 2.73. The fraction of sp³-hybridized carbons (Fsp3) is 0.273. The molecule has 0 amide bonds. The van der Waals surface area contributed by atoms with E-state index < -0.39 is 0 Å². The lowest BCUT2D eigenvalue weighted by Gasteiger charge is -2.30. The number of methoxy groups -OCH3 is 2. The second-order valence-electron chi connectivity index (χ2n) is 6.79. The fourth-order valence-corrected chi connectivity index (χ4v) is 3.53. The molecule has 1 aliphatic heterocycles. The molecule has 3 aromatic rings. The summed E-state index contributed by atoms with van der Waals surface area (Å²) in [5.41, 5.74) is 3.67. The molecule has 0 saturated heterocycles. The number of hydrogen-bond acceptors (Lipinski definition) is 6. The second kappa shape index (κ2) is 7.76. The molecule has 0 atom stereocenters. The summed E-state index contributed by atoms with van der Waals surface area (Å²) in [4.78, 5) is 11.5. The van der Waals surface area contributed by atoms with Crippen molar-refractivity contribution >= 4 is 17.3 Å². The molecule has 0 unspecified atom stereocenters. The molecule has 6 heteroatoms. The molecule has 0 radical (unpaired) electrons. The summed E-state index contributed by atoms with van der Waals surface area (Å²) in [5, 5.41) is 3.36. The topological polar surface area (TPSA) is 59.5 Å². The van der Waals surface area contributed by atoms with E-state index in [0.717, 1.165) is 42.7 Å². The minimum absolute atomic E-state index is 0.672. The molecule has 0 bridgehead atoms. The highest BCUT2D eigenvalue weighted by atomic mass is 16.5. The van der Waals surface area contributed by atoms with Crippen molar-refractivity contribution in [2.24, 2.45) is 0 Å². The Bertz CT molecular complexity index is 990. The third-order valence-electron chi connectivity index (χ3n) is 4.94. The van der Waals surface area contributed by atoms with Gasteiger partial charge in [-0.2, -0.15) is 0 Å². The molecule has 2 heterocycles. The molecule has 0 aliphatic carbocycles. The van der Waals surface area contributed by atoms with E-state index in [4.69, 9.17) is 9.47 Å². The second-order valence-corrected chi connectivity index (χ2v) is 6.79. The third-order valence-corrected chi connectivity index (χ3v) is 4.94. The lowest BCUT2D eigenvalue weighted by molar-refractivity contribution is 0.355. The molecule has 144 valence electrons. The predicted molar refractivity (Wildman–Crippen MR) is 111 cm³/mol. The van der Waals surface area contributed by atoms with Gasteiger partial charge in [0.1, 0.15) is 17.5 Å². The minimum atomic E-state index is 0.672. The number of nitrogens with one attached hydrogen (secondary N) is 1. The van der Waals surface area contributed by atoms with Crippen LogP contribution in [0.15, 0.2) is 48.5 Å². The van der Waals surface area contributed by atoms with Crippen LogP contribution in [0.3, 0.4) is 0 Å². The Balaban J connectivity index is 1.58. The van der Waals surface area contributed by atoms with Gasteiger partial charge in [0, 0.05) is 30.9 Å². The van der Waals surface area contributed by atoms with Gasteiger partial charge in [0.2, 0.25) is 0 Å². The first-order chi connectivity index (χ1) is 13.7. The van der Waals surface area contributed by atoms with E-state index in [9.17, 15) is 0 Å². The molecule has 1 aliphatic rings. The monoisotopic (exact) mass is 376 g/mol. The highest BCUT2D eigenvalue weighted by Gasteiger charge is 2.18. The van der Waals surface area contributed by atoms with E-state index in [1.54, 1.807) is 14.2 Å². The van der Waals surface area contributed by atoms with Crippen LogP contribution in [0.2, 0.25) is 0 Å². The molecule has 0 saturated carbocycles. The maximum absolute atomic E-state index is 5.38. The quantitative estimate of drug-likeness (QED) is 0.723. The van der Waals surface area contributed by atoms with Crippen LogP contribution in [0.25, 0.3) is 0 Å². The summed E-state index contributed by atoms with van der Waals surface area (Å²) < 4.78 is 10.7. The summed E-state index contributed by atoms with van der Waals surface area (Å²) in [6.45, 7) is 3.73. The van der Waals surface area contributed by atoms with Gasteiger partial charge >= 0.3 is 0 Å². The summed E-state index contributed by atoms with van der Waals surface area (Å²) >= 11 is 0. The van der Waals surface area contributed by atoms with Crippen molar-refractivity contribution < 1.29 is 9.47 Å². The Morgan fingerprint density at radius 3 is 2.50 bits per heavy atom. The molecule has 2 aromatic carbocycles. The first kappa shape index (κ1) is 18.1. The number of aryl methyl sites for hydroxylation is 1. The Morgan fingerprint density at radius 1 is 0.929 bits per heavy atom. The number of rotatable bonds is 5. The van der Waals surface area contributed by atoms with Gasteiger partial charge in [0.15, 0.2) is 11.5 Å². The Kier molecular flexibility index (Phi) is 5.02. The molecular formula is C22H24N4O2. The minimum Gasteiger partial charge on any atom is -0.493 e. The molecular weight excluding hydrogens is 352 g/mol. The number of benzene rings is 2. The zero-order valence-corrected chi connectivity index (χ0v) is 16.4. The van der Waals surface area contributed by atoms with Crippen LogP contribution in [0.1, 0.15) is 17.0 Å². The van der Waals surface area contributed by atoms with Crippen molar-refractivity contribution in [1.29, 1.82) is 0 Å². The van der Waals surface area contributed by atoms with Crippen LogP contribution in [-0.2, 0) is 13.0 Å². The van der Waals surface area contributed by atoms with Crippen molar-refractivity contribution in [3.63, 3.8) is 0 Å². The summed E-state index contributed by atoms with van der Waals surface area (Å²) in [6.07, 6.45) is 1.03.